The number of hydrogen-bond donors (Lipinski definition) is 2. The lowest BCUT2D eigenvalue weighted by Gasteiger charge is -2.20. The van der Waals surface area contributed by atoms with Gasteiger partial charge in [0.1, 0.15) is 11.5 Å². The molecular weight excluding hydrogens is 458 g/mol. The second kappa shape index (κ2) is 15.3. The van der Waals surface area contributed by atoms with E-state index in [-0.39, 0.29) is 11.7 Å². The molecule has 0 aliphatic heterocycles. The molecule has 3 rings (SSSR count). The third-order valence-corrected chi connectivity index (χ3v) is 7.62. The minimum atomic E-state index is 0.192. The zero-order valence-corrected chi connectivity index (χ0v) is 22.8. The number of amides is 1. The summed E-state index contributed by atoms with van der Waals surface area (Å²) in [6, 6.07) is 15.7. The van der Waals surface area contributed by atoms with Gasteiger partial charge in [0.25, 0.3) is 0 Å². The lowest BCUT2D eigenvalue weighted by Crippen LogP contribution is -2.25. The summed E-state index contributed by atoms with van der Waals surface area (Å²) in [5.74, 6) is 2.43. The molecule has 1 saturated carbocycles. The normalized spacial score (nSPS) is 15.5. The lowest BCUT2D eigenvalue weighted by molar-refractivity contribution is -0.121. The van der Waals surface area contributed by atoms with Crippen molar-refractivity contribution in [1.82, 2.24) is 5.32 Å². The Labute approximate surface area is 223 Å². The standard InChI is InChI=1S/C33H45NO3/c1-4-10-25(2)26(3)33(28-14-18-30(35)19-15-28)29-16-20-31(21-17-29)37-24-9-8-23-34-32(36)22-13-27-11-6-5-7-12-27/h4,14-21,25,27,35H,1,5-13,22-24H2,2-3H3,(H,34,36)/b33-26-. The first-order valence-corrected chi connectivity index (χ1v) is 14.1. The number of carbonyl (C=O) groups excluding carboxylic acids is 1. The number of hydrogen-bond acceptors (Lipinski definition) is 3. The highest BCUT2D eigenvalue weighted by Gasteiger charge is 2.15. The van der Waals surface area contributed by atoms with E-state index in [0.29, 0.717) is 18.9 Å². The molecule has 1 unspecified atom stereocenters. The van der Waals surface area contributed by atoms with E-state index in [0.717, 1.165) is 55.0 Å². The van der Waals surface area contributed by atoms with E-state index in [9.17, 15) is 9.90 Å². The van der Waals surface area contributed by atoms with Gasteiger partial charge in [0, 0.05) is 13.0 Å². The van der Waals surface area contributed by atoms with Crippen molar-refractivity contribution in [3.05, 3.63) is 77.9 Å². The monoisotopic (exact) mass is 503 g/mol. The van der Waals surface area contributed by atoms with Crippen molar-refractivity contribution in [2.45, 2.75) is 78.1 Å². The molecule has 0 spiro atoms. The molecule has 37 heavy (non-hydrogen) atoms. The summed E-state index contributed by atoms with van der Waals surface area (Å²) in [4.78, 5) is 12.1. The third-order valence-electron chi connectivity index (χ3n) is 7.62. The van der Waals surface area contributed by atoms with Gasteiger partial charge in [0.15, 0.2) is 0 Å². The Morgan fingerprint density at radius 3 is 2.35 bits per heavy atom. The first kappa shape index (κ1) is 28.6. The molecule has 0 saturated heterocycles. The minimum absolute atomic E-state index is 0.192. The second-order valence-electron chi connectivity index (χ2n) is 10.5. The van der Waals surface area contributed by atoms with Crippen molar-refractivity contribution in [1.29, 1.82) is 0 Å². The molecule has 4 nitrogen and oxygen atoms in total. The maximum absolute atomic E-state index is 12.1. The van der Waals surface area contributed by atoms with E-state index in [1.54, 1.807) is 12.1 Å². The molecule has 1 amide bonds. The number of ether oxygens (including phenoxy) is 1. The summed E-state index contributed by atoms with van der Waals surface area (Å²) in [5, 5.41) is 12.8. The van der Waals surface area contributed by atoms with Crippen LogP contribution < -0.4 is 10.1 Å². The van der Waals surface area contributed by atoms with Crippen molar-refractivity contribution in [3.63, 3.8) is 0 Å². The quantitative estimate of drug-likeness (QED) is 0.202. The Morgan fingerprint density at radius 2 is 1.70 bits per heavy atom. The third kappa shape index (κ3) is 9.42. The van der Waals surface area contributed by atoms with E-state index in [4.69, 9.17) is 4.74 Å². The Morgan fingerprint density at radius 1 is 1.05 bits per heavy atom. The van der Waals surface area contributed by atoms with Gasteiger partial charge in [-0.2, -0.15) is 0 Å². The van der Waals surface area contributed by atoms with E-state index >= 15 is 0 Å². The zero-order chi connectivity index (χ0) is 26.5. The number of nitrogens with one attached hydrogen (secondary N) is 1. The fourth-order valence-corrected chi connectivity index (χ4v) is 5.19. The van der Waals surface area contributed by atoms with Gasteiger partial charge >= 0.3 is 0 Å². The molecule has 0 bridgehead atoms. The first-order valence-electron chi connectivity index (χ1n) is 14.1. The van der Waals surface area contributed by atoms with Crippen LogP contribution in [0.5, 0.6) is 11.5 Å². The number of phenols is 1. The van der Waals surface area contributed by atoms with Gasteiger partial charge in [0.2, 0.25) is 5.91 Å². The van der Waals surface area contributed by atoms with Crippen LogP contribution in [0.2, 0.25) is 0 Å². The SMILES string of the molecule is C=CCC(C)/C(C)=C(/c1ccc(O)cc1)c1ccc(OCCCCNC(=O)CCC2CCCCC2)cc1. The first-order chi connectivity index (χ1) is 18.0. The molecule has 200 valence electrons. The number of phenolic OH excluding ortho intramolecular Hbond substituents is 1. The van der Waals surface area contributed by atoms with Crippen LogP contribution in [0.15, 0.2) is 66.8 Å². The number of allylic oxidation sites excluding steroid dienone is 2. The van der Waals surface area contributed by atoms with Crippen molar-refractivity contribution >= 4 is 11.5 Å². The largest absolute Gasteiger partial charge is 0.508 e. The molecule has 1 aliphatic carbocycles. The van der Waals surface area contributed by atoms with Crippen molar-refractivity contribution in [2.24, 2.45) is 11.8 Å². The second-order valence-corrected chi connectivity index (χ2v) is 10.5. The van der Waals surface area contributed by atoms with Crippen LogP contribution in [0, 0.1) is 11.8 Å². The average molecular weight is 504 g/mol. The molecule has 0 aromatic heterocycles. The molecule has 2 aromatic carbocycles. The molecule has 4 heteroatoms. The number of rotatable bonds is 14. The highest BCUT2D eigenvalue weighted by atomic mass is 16.5. The maximum atomic E-state index is 12.1. The van der Waals surface area contributed by atoms with Gasteiger partial charge in [0.05, 0.1) is 6.61 Å². The molecule has 0 radical (unpaired) electrons. The van der Waals surface area contributed by atoms with Gasteiger partial charge in [-0.3, -0.25) is 4.79 Å². The smallest absolute Gasteiger partial charge is 0.220 e. The Kier molecular flexibility index (Phi) is 11.8. The summed E-state index contributed by atoms with van der Waals surface area (Å²) in [6.45, 7) is 9.64. The van der Waals surface area contributed by atoms with Crippen LogP contribution in [0.25, 0.3) is 5.57 Å². The average Bonchev–Trinajstić information content (AvgIpc) is 2.92. The van der Waals surface area contributed by atoms with Gasteiger partial charge in [-0.05, 0) is 85.4 Å². The van der Waals surface area contributed by atoms with Crippen LogP contribution >= 0.6 is 0 Å². The molecule has 1 aliphatic rings. The van der Waals surface area contributed by atoms with Crippen LogP contribution in [-0.2, 0) is 4.79 Å². The maximum Gasteiger partial charge on any atom is 0.220 e. The molecular formula is C33H45NO3. The lowest BCUT2D eigenvalue weighted by atomic mass is 9.86. The fourth-order valence-electron chi connectivity index (χ4n) is 5.19. The Hall–Kier alpha value is -3.01. The van der Waals surface area contributed by atoms with Crippen molar-refractivity contribution < 1.29 is 14.6 Å². The highest BCUT2D eigenvalue weighted by molar-refractivity contribution is 5.82. The molecule has 1 fully saturated rings. The molecule has 1 atom stereocenters. The molecule has 2 N–H and O–H groups in total. The van der Waals surface area contributed by atoms with Crippen LogP contribution in [0.1, 0.15) is 89.2 Å². The molecule has 2 aromatic rings. The van der Waals surface area contributed by atoms with Crippen LogP contribution in [0.3, 0.4) is 0 Å². The van der Waals surface area contributed by atoms with E-state index in [1.165, 1.54) is 43.3 Å². The van der Waals surface area contributed by atoms with Gasteiger partial charge < -0.3 is 15.2 Å². The minimum Gasteiger partial charge on any atom is -0.508 e. The summed E-state index contributed by atoms with van der Waals surface area (Å²) < 4.78 is 5.97. The van der Waals surface area contributed by atoms with Crippen LogP contribution in [-0.4, -0.2) is 24.2 Å². The zero-order valence-electron chi connectivity index (χ0n) is 22.8. The Balaban J connectivity index is 1.46. The molecule has 0 heterocycles. The summed E-state index contributed by atoms with van der Waals surface area (Å²) in [5.41, 5.74) is 4.68. The summed E-state index contributed by atoms with van der Waals surface area (Å²) >= 11 is 0. The Bertz CT molecular complexity index is 1000. The van der Waals surface area contributed by atoms with Crippen LogP contribution in [0.4, 0.5) is 0 Å². The summed E-state index contributed by atoms with van der Waals surface area (Å²) in [6.07, 6.45) is 13.0. The topological polar surface area (TPSA) is 58.6 Å². The van der Waals surface area contributed by atoms with Gasteiger partial charge in [-0.25, -0.2) is 0 Å². The van der Waals surface area contributed by atoms with Crippen molar-refractivity contribution in [3.8, 4) is 11.5 Å². The van der Waals surface area contributed by atoms with E-state index in [2.05, 4.69) is 37.9 Å². The van der Waals surface area contributed by atoms with Gasteiger partial charge in [-0.15, -0.1) is 6.58 Å². The highest BCUT2D eigenvalue weighted by Crippen LogP contribution is 2.33. The summed E-state index contributed by atoms with van der Waals surface area (Å²) in [7, 11) is 0. The predicted octanol–water partition coefficient (Wildman–Crippen LogP) is 8.06. The number of carbonyl (C=O) groups is 1. The number of aromatic hydroxyl groups is 1. The number of benzene rings is 2. The van der Waals surface area contributed by atoms with Gasteiger partial charge in [-0.1, -0.05) is 74.9 Å². The predicted molar refractivity (Wildman–Crippen MR) is 154 cm³/mol. The number of unbranched alkanes of at least 4 members (excludes halogenated alkanes) is 1. The van der Waals surface area contributed by atoms with E-state index < -0.39 is 0 Å². The van der Waals surface area contributed by atoms with E-state index in [1.807, 2.05) is 30.3 Å². The van der Waals surface area contributed by atoms with Crippen molar-refractivity contribution in [2.75, 3.05) is 13.2 Å². The fraction of sp³-hybridized carbons (Fsp3) is 0.485.